The van der Waals surface area contributed by atoms with Gasteiger partial charge in [-0.2, -0.15) is 4.98 Å². The Morgan fingerprint density at radius 2 is 1.62 bits per heavy atom. The largest absolute Gasteiger partial charge is 0.497 e. The van der Waals surface area contributed by atoms with Crippen LogP contribution < -0.4 is 13.8 Å². The lowest BCUT2D eigenvalue weighted by molar-refractivity contribution is 0.0851. The van der Waals surface area contributed by atoms with Crippen molar-refractivity contribution in [3.63, 3.8) is 0 Å². The number of halogens is 1. The van der Waals surface area contributed by atoms with Gasteiger partial charge in [-0.3, -0.25) is 9.10 Å². The van der Waals surface area contributed by atoms with E-state index in [0.29, 0.717) is 31.2 Å². The third kappa shape index (κ3) is 6.44. The SMILES string of the molecule is CCCCCCn1c(Cl)nc2c1C(=O)N(CCCCCCOc1ccc(OC)cc1)S(=O)N2C. The number of fused-ring (bicyclic) bond motifs is 1. The van der Waals surface area contributed by atoms with Crippen molar-refractivity contribution >= 4 is 34.5 Å². The second kappa shape index (κ2) is 13.0. The van der Waals surface area contributed by atoms with E-state index in [2.05, 4.69) is 11.9 Å². The molecule has 2 heterocycles. The number of anilines is 1. The number of amides is 1. The summed E-state index contributed by atoms with van der Waals surface area (Å²) in [5.74, 6) is 1.76. The maximum atomic E-state index is 13.2. The Balaban J connectivity index is 1.47. The predicted molar refractivity (Wildman–Crippen MR) is 136 cm³/mol. The van der Waals surface area contributed by atoms with Gasteiger partial charge in [-0.05, 0) is 55.1 Å². The minimum absolute atomic E-state index is 0.260. The van der Waals surface area contributed by atoms with Crippen LogP contribution in [0.5, 0.6) is 11.5 Å². The molecule has 0 fully saturated rings. The van der Waals surface area contributed by atoms with Crippen molar-refractivity contribution in [2.24, 2.45) is 0 Å². The van der Waals surface area contributed by atoms with E-state index in [4.69, 9.17) is 21.1 Å². The Morgan fingerprint density at radius 1 is 0.971 bits per heavy atom. The minimum atomic E-state index is -1.61. The molecule has 34 heavy (non-hydrogen) atoms. The number of methoxy groups -OCH3 is 1. The van der Waals surface area contributed by atoms with Crippen molar-refractivity contribution in [2.45, 2.75) is 64.8 Å². The summed E-state index contributed by atoms with van der Waals surface area (Å²) < 4.78 is 28.5. The molecule has 1 atom stereocenters. The van der Waals surface area contributed by atoms with Crippen molar-refractivity contribution in [3.8, 4) is 11.5 Å². The molecule has 10 heteroatoms. The van der Waals surface area contributed by atoms with Crippen LogP contribution in [0.1, 0.15) is 68.8 Å². The summed E-state index contributed by atoms with van der Waals surface area (Å²) in [5, 5.41) is 0.275. The molecule has 0 spiro atoms. The van der Waals surface area contributed by atoms with E-state index in [1.54, 1.807) is 18.7 Å². The van der Waals surface area contributed by atoms with E-state index in [1.165, 1.54) is 8.61 Å². The molecule has 1 aliphatic heterocycles. The van der Waals surface area contributed by atoms with Crippen LogP contribution >= 0.6 is 11.6 Å². The molecular formula is C24H35ClN4O4S. The van der Waals surface area contributed by atoms with Gasteiger partial charge in [0.15, 0.2) is 11.5 Å². The number of unbranched alkanes of at least 4 members (excludes halogenated alkanes) is 6. The molecule has 2 aromatic rings. The summed E-state index contributed by atoms with van der Waals surface area (Å²) in [6.07, 6.45) is 7.83. The fourth-order valence-corrected chi connectivity index (χ4v) is 5.24. The predicted octanol–water partition coefficient (Wildman–Crippen LogP) is 5.24. The van der Waals surface area contributed by atoms with Crippen molar-refractivity contribution in [2.75, 3.05) is 31.6 Å². The lowest BCUT2D eigenvalue weighted by Crippen LogP contribution is -2.46. The highest BCUT2D eigenvalue weighted by atomic mass is 35.5. The van der Waals surface area contributed by atoms with Gasteiger partial charge in [0.2, 0.25) is 16.5 Å². The highest BCUT2D eigenvalue weighted by Gasteiger charge is 2.38. The van der Waals surface area contributed by atoms with Crippen LogP contribution in [0.15, 0.2) is 24.3 Å². The molecule has 0 saturated carbocycles. The van der Waals surface area contributed by atoms with Crippen LogP contribution in [0.25, 0.3) is 0 Å². The quantitative estimate of drug-likeness (QED) is 0.325. The maximum absolute atomic E-state index is 13.2. The maximum Gasteiger partial charge on any atom is 0.287 e. The normalized spacial score (nSPS) is 15.5. The van der Waals surface area contributed by atoms with Gasteiger partial charge in [0.1, 0.15) is 11.5 Å². The lowest BCUT2D eigenvalue weighted by atomic mass is 10.2. The van der Waals surface area contributed by atoms with E-state index in [1.807, 2.05) is 24.3 Å². The second-order valence-electron chi connectivity index (χ2n) is 8.34. The number of hydrogen-bond acceptors (Lipinski definition) is 5. The zero-order valence-corrected chi connectivity index (χ0v) is 21.9. The Morgan fingerprint density at radius 3 is 2.32 bits per heavy atom. The Labute approximate surface area is 209 Å². The third-order valence-electron chi connectivity index (χ3n) is 5.87. The fraction of sp³-hybridized carbons (Fsp3) is 0.583. The first-order valence-corrected chi connectivity index (χ1v) is 13.4. The van der Waals surface area contributed by atoms with Crippen LogP contribution in [0, 0.1) is 0 Å². The third-order valence-corrected chi connectivity index (χ3v) is 7.53. The van der Waals surface area contributed by atoms with E-state index >= 15 is 0 Å². The van der Waals surface area contributed by atoms with Gasteiger partial charge in [-0.15, -0.1) is 0 Å². The highest BCUT2D eigenvalue weighted by molar-refractivity contribution is 7.84. The van der Waals surface area contributed by atoms with Gasteiger partial charge >= 0.3 is 0 Å². The molecule has 1 aromatic heterocycles. The van der Waals surface area contributed by atoms with Crippen molar-refractivity contribution < 1.29 is 18.5 Å². The van der Waals surface area contributed by atoms with Gasteiger partial charge in [0, 0.05) is 20.1 Å². The average molecular weight is 511 g/mol. The van der Waals surface area contributed by atoms with Crippen molar-refractivity contribution in [3.05, 3.63) is 35.2 Å². The summed E-state index contributed by atoms with van der Waals surface area (Å²) in [6, 6.07) is 7.53. The molecule has 0 radical (unpaired) electrons. The average Bonchev–Trinajstić information content (AvgIpc) is 3.18. The minimum Gasteiger partial charge on any atom is -0.497 e. The number of rotatable bonds is 14. The fourth-order valence-electron chi connectivity index (χ4n) is 3.91. The Bertz CT molecular complexity index is 967. The number of carbonyl (C=O) groups is 1. The number of benzene rings is 1. The second-order valence-corrected chi connectivity index (χ2v) is 10.1. The zero-order chi connectivity index (χ0) is 24.5. The van der Waals surface area contributed by atoms with E-state index < -0.39 is 11.2 Å². The molecule has 0 saturated heterocycles. The van der Waals surface area contributed by atoms with E-state index in [9.17, 15) is 9.00 Å². The molecule has 1 aromatic carbocycles. The molecule has 0 bridgehead atoms. The summed E-state index contributed by atoms with van der Waals surface area (Å²) in [6.45, 7) is 3.84. The molecule has 0 aliphatic carbocycles. The lowest BCUT2D eigenvalue weighted by Gasteiger charge is -2.31. The van der Waals surface area contributed by atoms with Crippen molar-refractivity contribution in [1.29, 1.82) is 0 Å². The van der Waals surface area contributed by atoms with Crippen molar-refractivity contribution in [1.82, 2.24) is 13.9 Å². The molecule has 188 valence electrons. The topological polar surface area (TPSA) is 76.9 Å². The summed E-state index contributed by atoms with van der Waals surface area (Å²) in [5.41, 5.74) is 0.441. The summed E-state index contributed by atoms with van der Waals surface area (Å²) >= 11 is 4.74. The Hall–Kier alpha value is -2.26. The summed E-state index contributed by atoms with van der Waals surface area (Å²) in [4.78, 5) is 17.5. The van der Waals surface area contributed by atoms with Gasteiger partial charge in [0.25, 0.3) is 5.91 Å². The van der Waals surface area contributed by atoms with Crippen LogP contribution in [-0.4, -0.2) is 51.3 Å². The number of imidazole rings is 1. The van der Waals surface area contributed by atoms with Crippen LogP contribution in [0.3, 0.4) is 0 Å². The van der Waals surface area contributed by atoms with Crippen LogP contribution in [0.2, 0.25) is 5.28 Å². The molecule has 3 rings (SSSR count). The van der Waals surface area contributed by atoms with Crippen LogP contribution in [-0.2, 0) is 17.7 Å². The highest BCUT2D eigenvalue weighted by Crippen LogP contribution is 2.32. The number of aromatic nitrogens is 2. The first-order valence-electron chi connectivity index (χ1n) is 12.0. The van der Waals surface area contributed by atoms with Gasteiger partial charge in [-0.1, -0.05) is 39.0 Å². The van der Waals surface area contributed by atoms with Gasteiger partial charge in [-0.25, -0.2) is 8.51 Å². The molecule has 1 amide bonds. The molecule has 0 N–H and O–H groups in total. The number of carbonyl (C=O) groups excluding carboxylic acids is 1. The standard InChI is InChI=1S/C24H35ClN4O4S/c1-4-5-6-9-16-28-21-22(26-24(28)25)27(2)34(31)29(23(21)30)17-10-7-8-11-18-33-20-14-12-19(32-3)13-15-20/h12-15H,4-11,16-18H2,1-3H3. The number of nitrogens with zero attached hydrogens (tertiary/aromatic N) is 4. The first-order chi connectivity index (χ1) is 16.5. The number of hydrogen-bond donors (Lipinski definition) is 0. The van der Waals surface area contributed by atoms with Gasteiger partial charge in [0.05, 0.1) is 13.7 Å². The van der Waals surface area contributed by atoms with Gasteiger partial charge < -0.3 is 14.0 Å². The Kier molecular flexibility index (Phi) is 10.1. The molecule has 1 aliphatic rings. The molecular weight excluding hydrogens is 476 g/mol. The zero-order valence-electron chi connectivity index (χ0n) is 20.3. The molecule has 1 unspecified atom stereocenters. The first kappa shape index (κ1) is 26.3. The summed E-state index contributed by atoms with van der Waals surface area (Å²) in [7, 11) is 3.33. The molecule has 8 nitrogen and oxygen atoms in total. The van der Waals surface area contributed by atoms with E-state index in [-0.39, 0.29) is 11.2 Å². The van der Waals surface area contributed by atoms with Crippen LogP contribution in [0.4, 0.5) is 5.82 Å². The smallest absolute Gasteiger partial charge is 0.287 e. The van der Waals surface area contributed by atoms with E-state index in [0.717, 1.165) is 62.9 Å². The number of ether oxygens (including phenoxy) is 2. The monoisotopic (exact) mass is 510 g/mol.